The molecule has 0 bridgehead atoms. The lowest BCUT2D eigenvalue weighted by Gasteiger charge is -2.18. The molecule has 1 N–H and O–H groups in total. The molecule has 0 fully saturated rings. The van der Waals surface area contributed by atoms with Crippen LogP contribution >= 0.6 is 0 Å². The van der Waals surface area contributed by atoms with Gasteiger partial charge in [0.25, 0.3) is 5.56 Å². The molecule has 18 heavy (non-hydrogen) atoms. The Labute approximate surface area is 104 Å². The summed E-state index contributed by atoms with van der Waals surface area (Å²) in [5.74, 6) is 0. The van der Waals surface area contributed by atoms with Crippen LogP contribution in [0.4, 0.5) is 0 Å². The summed E-state index contributed by atoms with van der Waals surface area (Å²) in [6.45, 7) is 0.261. The van der Waals surface area contributed by atoms with Gasteiger partial charge in [0.2, 0.25) is 0 Å². The van der Waals surface area contributed by atoms with Gasteiger partial charge in [-0.25, -0.2) is 4.79 Å². The number of methoxy groups -OCH3 is 1. The van der Waals surface area contributed by atoms with Gasteiger partial charge in [0.05, 0.1) is 12.6 Å². The topological polar surface area (TPSA) is 64.1 Å². The number of nitrogens with one attached hydrogen (secondary N) is 1. The predicted molar refractivity (Wildman–Crippen MR) is 67.8 cm³/mol. The number of hydrogen-bond acceptors (Lipinski definition) is 3. The number of hydrogen-bond donors (Lipinski definition) is 1. The third kappa shape index (κ3) is 2.41. The zero-order chi connectivity index (χ0) is 13.0. The average molecular weight is 246 g/mol. The van der Waals surface area contributed by atoms with E-state index in [9.17, 15) is 9.59 Å². The Morgan fingerprint density at radius 3 is 2.56 bits per heavy atom. The Morgan fingerprint density at radius 1 is 1.22 bits per heavy atom. The highest BCUT2D eigenvalue weighted by Crippen LogP contribution is 2.14. The van der Waals surface area contributed by atoms with Crippen molar-refractivity contribution in [1.82, 2.24) is 9.55 Å². The van der Waals surface area contributed by atoms with Crippen molar-refractivity contribution >= 4 is 0 Å². The maximum absolute atomic E-state index is 11.8. The highest BCUT2D eigenvalue weighted by molar-refractivity contribution is 5.20. The Hall–Kier alpha value is -2.14. The van der Waals surface area contributed by atoms with Gasteiger partial charge in [-0.05, 0) is 5.56 Å². The number of rotatable bonds is 4. The Kier molecular flexibility index (Phi) is 3.74. The zero-order valence-electron chi connectivity index (χ0n) is 10.00. The second kappa shape index (κ2) is 5.46. The highest BCUT2D eigenvalue weighted by Gasteiger charge is 2.16. The fourth-order valence-corrected chi connectivity index (χ4v) is 1.88. The summed E-state index contributed by atoms with van der Waals surface area (Å²) in [5, 5.41) is 0. The SMILES string of the molecule is COC[C@H](c1ccccc1)n1c(=O)cc[nH]c1=O. The Bertz CT molecular complexity index is 588. The number of ether oxygens (including phenoxy) is 1. The first-order valence-corrected chi connectivity index (χ1v) is 5.58. The van der Waals surface area contributed by atoms with Crippen LogP contribution < -0.4 is 11.2 Å². The summed E-state index contributed by atoms with van der Waals surface area (Å²) in [4.78, 5) is 26.1. The van der Waals surface area contributed by atoms with Gasteiger partial charge in [0, 0.05) is 19.4 Å². The van der Waals surface area contributed by atoms with Crippen LogP contribution in [-0.2, 0) is 4.74 Å². The van der Waals surface area contributed by atoms with Gasteiger partial charge in [-0.3, -0.25) is 9.36 Å². The van der Waals surface area contributed by atoms with Crippen molar-refractivity contribution in [3.05, 3.63) is 69.0 Å². The largest absolute Gasteiger partial charge is 0.382 e. The van der Waals surface area contributed by atoms with Crippen LogP contribution in [0, 0.1) is 0 Å². The number of aromatic nitrogens is 2. The monoisotopic (exact) mass is 246 g/mol. The van der Waals surface area contributed by atoms with Crippen molar-refractivity contribution in [3.63, 3.8) is 0 Å². The molecular formula is C13H14N2O3. The van der Waals surface area contributed by atoms with Crippen LogP contribution in [0.5, 0.6) is 0 Å². The quantitative estimate of drug-likeness (QED) is 0.866. The van der Waals surface area contributed by atoms with E-state index in [1.807, 2.05) is 30.3 Å². The summed E-state index contributed by atoms with van der Waals surface area (Å²) < 4.78 is 6.28. The molecule has 2 rings (SSSR count). The van der Waals surface area contributed by atoms with Crippen LogP contribution in [0.1, 0.15) is 11.6 Å². The molecule has 0 aliphatic carbocycles. The lowest BCUT2D eigenvalue weighted by Crippen LogP contribution is -2.39. The molecule has 1 aromatic heterocycles. The minimum atomic E-state index is -0.437. The van der Waals surface area contributed by atoms with E-state index in [2.05, 4.69) is 4.98 Å². The fourth-order valence-electron chi connectivity index (χ4n) is 1.88. The molecule has 1 aromatic carbocycles. The van der Waals surface area contributed by atoms with E-state index in [4.69, 9.17) is 4.74 Å². The molecule has 0 spiro atoms. The summed E-state index contributed by atoms with van der Waals surface area (Å²) in [5.41, 5.74) is 0.0798. The van der Waals surface area contributed by atoms with E-state index >= 15 is 0 Å². The van der Waals surface area contributed by atoms with E-state index in [1.165, 1.54) is 23.9 Å². The van der Waals surface area contributed by atoms with Crippen LogP contribution in [-0.4, -0.2) is 23.3 Å². The minimum Gasteiger partial charge on any atom is -0.382 e. The maximum atomic E-state index is 11.8. The molecular weight excluding hydrogens is 232 g/mol. The number of nitrogens with zero attached hydrogens (tertiary/aromatic N) is 1. The molecule has 5 nitrogen and oxygen atoms in total. The zero-order valence-corrected chi connectivity index (χ0v) is 10.00. The average Bonchev–Trinajstić information content (AvgIpc) is 2.38. The summed E-state index contributed by atoms with van der Waals surface area (Å²) >= 11 is 0. The van der Waals surface area contributed by atoms with E-state index in [1.54, 1.807) is 0 Å². The third-order valence-electron chi connectivity index (χ3n) is 2.71. The molecule has 5 heteroatoms. The van der Waals surface area contributed by atoms with Crippen molar-refractivity contribution in [2.24, 2.45) is 0 Å². The lowest BCUT2D eigenvalue weighted by molar-refractivity contribution is 0.166. The molecule has 0 radical (unpaired) electrons. The van der Waals surface area contributed by atoms with Crippen molar-refractivity contribution in [3.8, 4) is 0 Å². The smallest absolute Gasteiger partial charge is 0.328 e. The van der Waals surface area contributed by atoms with E-state index in [0.717, 1.165) is 5.56 Å². The molecule has 0 aliphatic heterocycles. The van der Waals surface area contributed by atoms with Crippen molar-refractivity contribution in [2.45, 2.75) is 6.04 Å². The standard InChI is InChI=1S/C13H14N2O3/c1-18-9-11(10-5-3-2-4-6-10)15-12(16)7-8-14-13(15)17/h2-8,11H,9H2,1H3,(H,14,17)/t11-/m1/s1. The molecule has 94 valence electrons. The summed E-state index contributed by atoms with van der Waals surface area (Å²) in [6.07, 6.45) is 1.34. The van der Waals surface area contributed by atoms with E-state index < -0.39 is 11.7 Å². The first kappa shape index (κ1) is 12.3. The number of H-pyrrole nitrogens is 1. The molecule has 0 saturated heterocycles. The number of aromatic amines is 1. The summed E-state index contributed by atoms with van der Waals surface area (Å²) in [6, 6.07) is 10.2. The van der Waals surface area contributed by atoms with Gasteiger partial charge in [-0.1, -0.05) is 30.3 Å². The maximum Gasteiger partial charge on any atom is 0.328 e. The molecule has 1 atom stereocenters. The lowest BCUT2D eigenvalue weighted by atomic mass is 10.1. The van der Waals surface area contributed by atoms with Gasteiger partial charge >= 0.3 is 5.69 Å². The molecule has 0 aliphatic rings. The van der Waals surface area contributed by atoms with Crippen molar-refractivity contribution in [1.29, 1.82) is 0 Å². The van der Waals surface area contributed by atoms with Crippen molar-refractivity contribution < 1.29 is 4.74 Å². The summed E-state index contributed by atoms with van der Waals surface area (Å²) in [7, 11) is 1.54. The van der Waals surface area contributed by atoms with Gasteiger partial charge in [-0.2, -0.15) is 0 Å². The van der Waals surface area contributed by atoms with Gasteiger partial charge < -0.3 is 9.72 Å². The van der Waals surface area contributed by atoms with Gasteiger partial charge in [0.1, 0.15) is 0 Å². The van der Waals surface area contributed by atoms with Gasteiger partial charge in [0.15, 0.2) is 0 Å². The Morgan fingerprint density at radius 2 is 1.94 bits per heavy atom. The third-order valence-corrected chi connectivity index (χ3v) is 2.71. The van der Waals surface area contributed by atoms with Gasteiger partial charge in [-0.15, -0.1) is 0 Å². The first-order chi connectivity index (χ1) is 8.74. The fraction of sp³-hybridized carbons (Fsp3) is 0.231. The van der Waals surface area contributed by atoms with Crippen LogP contribution in [0.25, 0.3) is 0 Å². The van der Waals surface area contributed by atoms with E-state index in [0.29, 0.717) is 0 Å². The normalized spacial score (nSPS) is 12.3. The van der Waals surface area contributed by atoms with Crippen LogP contribution in [0.2, 0.25) is 0 Å². The van der Waals surface area contributed by atoms with Crippen LogP contribution in [0.15, 0.2) is 52.2 Å². The second-order valence-corrected chi connectivity index (χ2v) is 3.87. The molecule has 1 heterocycles. The van der Waals surface area contributed by atoms with Crippen molar-refractivity contribution in [2.75, 3.05) is 13.7 Å². The van der Waals surface area contributed by atoms with E-state index in [-0.39, 0.29) is 12.2 Å². The molecule has 0 saturated carbocycles. The first-order valence-electron chi connectivity index (χ1n) is 5.58. The minimum absolute atomic E-state index is 0.261. The Balaban J connectivity index is 2.56. The predicted octanol–water partition coefficient (Wildman–Crippen LogP) is 0.772. The number of benzene rings is 1. The van der Waals surface area contributed by atoms with Crippen LogP contribution in [0.3, 0.4) is 0 Å². The second-order valence-electron chi connectivity index (χ2n) is 3.87. The molecule has 0 amide bonds. The molecule has 0 unspecified atom stereocenters. The highest BCUT2D eigenvalue weighted by atomic mass is 16.5. The molecule has 2 aromatic rings.